The highest BCUT2D eigenvalue weighted by molar-refractivity contribution is 6.31. The Hall–Kier alpha value is -1.68. The summed E-state index contributed by atoms with van der Waals surface area (Å²) in [6.45, 7) is 6.05. The minimum Gasteiger partial charge on any atom is -0.478 e. The lowest BCUT2D eigenvalue weighted by atomic mass is 9.83. The zero-order valence-corrected chi connectivity index (χ0v) is 12.8. The highest BCUT2D eigenvalue weighted by Crippen LogP contribution is 2.48. The van der Waals surface area contributed by atoms with Crippen LogP contribution in [0.5, 0.6) is 0 Å². The summed E-state index contributed by atoms with van der Waals surface area (Å²) in [6.07, 6.45) is 0.822. The van der Waals surface area contributed by atoms with Crippen molar-refractivity contribution >= 4 is 28.5 Å². The van der Waals surface area contributed by atoms with Crippen molar-refractivity contribution in [1.82, 2.24) is 4.98 Å². The van der Waals surface area contributed by atoms with Crippen molar-refractivity contribution < 1.29 is 14.3 Å². The van der Waals surface area contributed by atoms with Gasteiger partial charge in [-0.15, -0.1) is 0 Å². The van der Waals surface area contributed by atoms with Crippen molar-refractivity contribution in [3.05, 3.63) is 39.8 Å². The van der Waals surface area contributed by atoms with Crippen LogP contribution in [0.15, 0.2) is 12.1 Å². The summed E-state index contributed by atoms with van der Waals surface area (Å²) in [4.78, 5) is 16.3. The minimum atomic E-state index is -1.02. The second-order valence-electron chi connectivity index (χ2n) is 6.32. The van der Waals surface area contributed by atoms with Gasteiger partial charge in [0.1, 0.15) is 5.82 Å². The maximum atomic E-state index is 13.7. The van der Waals surface area contributed by atoms with Crippen LogP contribution < -0.4 is 0 Å². The van der Waals surface area contributed by atoms with E-state index < -0.39 is 11.8 Å². The topological polar surface area (TPSA) is 50.2 Å². The third kappa shape index (κ3) is 2.01. The molecule has 2 aromatic rings. The summed E-state index contributed by atoms with van der Waals surface area (Å²) in [6, 6.07) is 2.57. The van der Waals surface area contributed by atoms with Crippen LogP contribution in [0.2, 0.25) is 5.02 Å². The van der Waals surface area contributed by atoms with Gasteiger partial charge in [-0.1, -0.05) is 32.4 Å². The maximum Gasteiger partial charge on any atom is 0.336 e. The molecule has 3 nitrogen and oxygen atoms in total. The molecule has 3 rings (SSSR count). The van der Waals surface area contributed by atoms with Gasteiger partial charge in [0.05, 0.1) is 16.1 Å². The second kappa shape index (κ2) is 4.41. The molecule has 0 spiro atoms. The molecule has 0 saturated carbocycles. The molecule has 0 bridgehead atoms. The van der Waals surface area contributed by atoms with Gasteiger partial charge in [-0.25, -0.2) is 9.18 Å². The van der Waals surface area contributed by atoms with Crippen LogP contribution in [-0.2, 0) is 5.41 Å². The van der Waals surface area contributed by atoms with Gasteiger partial charge in [0.15, 0.2) is 0 Å². The van der Waals surface area contributed by atoms with E-state index in [1.165, 1.54) is 12.1 Å². The molecule has 0 fully saturated rings. The van der Waals surface area contributed by atoms with Crippen LogP contribution >= 0.6 is 11.6 Å². The van der Waals surface area contributed by atoms with Crippen molar-refractivity contribution in [2.24, 2.45) is 0 Å². The average Bonchev–Trinajstić information content (AvgIpc) is 2.58. The molecule has 1 aliphatic carbocycles. The monoisotopic (exact) mass is 307 g/mol. The normalized spacial score (nSPS) is 19.8. The van der Waals surface area contributed by atoms with Crippen LogP contribution in [0.4, 0.5) is 4.39 Å². The third-order valence-electron chi connectivity index (χ3n) is 4.23. The molecule has 0 aliphatic heterocycles. The van der Waals surface area contributed by atoms with E-state index >= 15 is 0 Å². The number of halogens is 2. The first-order valence-corrected chi connectivity index (χ1v) is 7.16. The summed E-state index contributed by atoms with van der Waals surface area (Å²) in [5.74, 6) is -1.46. The Bertz CT molecular complexity index is 786. The summed E-state index contributed by atoms with van der Waals surface area (Å²) in [5, 5.41) is 9.97. The van der Waals surface area contributed by atoms with Gasteiger partial charge in [-0.05, 0) is 29.4 Å². The van der Waals surface area contributed by atoms with Gasteiger partial charge in [-0.2, -0.15) is 0 Å². The lowest BCUT2D eigenvalue weighted by Crippen LogP contribution is -2.18. The van der Waals surface area contributed by atoms with E-state index in [1.807, 2.05) is 20.8 Å². The molecule has 0 saturated heterocycles. The number of carboxylic acids is 1. The number of aromatic nitrogens is 1. The first-order chi connectivity index (χ1) is 9.72. The molecule has 1 unspecified atom stereocenters. The number of hydrogen-bond donors (Lipinski definition) is 1. The molecule has 110 valence electrons. The second-order valence-corrected chi connectivity index (χ2v) is 6.73. The SMILES string of the molecule is CC1CC(C)(C)c2c1nc1cc(F)c(Cl)cc1c2C(=O)O. The number of pyridine rings is 1. The molecule has 0 amide bonds. The Balaban J connectivity index is 2.51. The molecular formula is C16H15ClFNO2. The fraction of sp³-hybridized carbons (Fsp3) is 0.375. The highest BCUT2D eigenvalue weighted by Gasteiger charge is 2.40. The summed E-state index contributed by atoms with van der Waals surface area (Å²) in [5.41, 5.74) is 1.78. The predicted molar refractivity (Wildman–Crippen MR) is 79.7 cm³/mol. The van der Waals surface area contributed by atoms with Crippen LogP contribution in [0, 0.1) is 5.82 Å². The summed E-state index contributed by atoms with van der Waals surface area (Å²) >= 11 is 5.82. The van der Waals surface area contributed by atoms with Gasteiger partial charge in [0, 0.05) is 17.1 Å². The summed E-state index contributed by atoms with van der Waals surface area (Å²) in [7, 11) is 0. The third-order valence-corrected chi connectivity index (χ3v) is 4.52. The first kappa shape index (κ1) is 14.3. The van der Waals surface area contributed by atoms with E-state index in [-0.39, 0.29) is 21.9 Å². The molecule has 1 N–H and O–H groups in total. The number of hydrogen-bond acceptors (Lipinski definition) is 2. The number of carbonyl (C=O) groups is 1. The summed E-state index contributed by atoms with van der Waals surface area (Å²) < 4.78 is 13.7. The van der Waals surface area contributed by atoms with Crippen molar-refractivity contribution in [2.45, 2.75) is 38.5 Å². The Morgan fingerprint density at radius 3 is 2.76 bits per heavy atom. The molecule has 1 aromatic heterocycles. The van der Waals surface area contributed by atoms with Crippen LogP contribution in [0.3, 0.4) is 0 Å². The number of benzene rings is 1. The van der Waals surface area contributed by atoms with E-state index in [4.69, 9.17) is 11.6 Å². The standard InChI is InChI=1S/C16H15ClFNO2/c1-7-6-16(2,3)13-12(15(20)21)8-4-9(17)10(18)5-11(8)19-14(7)13/h4-5,7H,6H2,1-3H3,(H,20,21). The van der Waals surface area contributed by atoms with Gasteiger partial charge >= 0.3 is 5.97 Å². The zero-order valence-electron chi connectivity index (χ0n) is 12.0. The van der Waals surface area contributed by atoms with Crippen LogP contribution in [0.1, 0.15) is 54.7 Å². The number of fused-ring (bicyclic) bond motifs is 2. The quantitative estimate of drug-likeness (QED) is 0.843. The van der Waals surface area contributed by atoms with Crippen LogP contribution in [0.25, 0.3) is 10.9 Å². The van der Waals surface area contributed by atoms with Gasteiger partial charge in [-0.3, -0.25) is 4.98 Å². The van der Waals surface area contributed by atoms with E-state index in [9.17, 15) is 14.3 Å². The van der Waals surface area contributed by atoms with E-state index in [2.05, 4.69) is 4.98 Å². The van der Waals surface area contributed by atoms with Gasteiger partial charge in [0.2, 0.25) is 0 Å². The van der Waals surface area contributed by atoms with E-state index in [0.717, 1.165) is 17.7 Å². The fourth-order valence-corrected chi connectivity index (χ4v) is 3.67. The smallest absolute Gasteiger partial charge is 0.336 e. The van der Waals surface area contributed by atoms with Crippen molar-refractivity contribution in [2.75, 3.05) is 0 Å². The van der Waals surface area contributed by atoms with E-state index in [1.54, 1.807) is 0 Å². The predicted octanol–water partition coefficient (Wildman–Crippen LogP) is 4.51. The molecular weight excluding hydrogens is 293 g/mol. The Kier molecular flexibility index (Phi) is 2.99. The first-order valence-electron chi connectivity index (χ1n) is 6.79. The highest BCUT2D eigenvalue weighted by atomic mass is 35.5. The maximum absolute atomic E-state index is 13.7. The average molecular weight is 308 g/mol. The number of aromatic carboxylic acids is 1. The van der Waals surface area contributed by atoms with Gasteiger partial charge in [0.25, 0.3) is 0 Å². The number of carboxylic acid groups (broad SMARTS) is 1. The number of nitrogens with zero attached hydrogens (tertiary/aromatic N) is 1. The minimum absolute atomic E-state index is 0.0874. The van der Waals surface area contributed by atoms with Crippen molar-refractivity contribution in [3.63, 3.8) is 0 Å². The van der Waals surface area contributed by atoms with Gasteiger partial charge < -0.3 is 5.11 Å². The zero-order chi connectivity index (χ0) is 15.5. The molecule has 1 atom stereocenters. The van der Waals surface area contributed by atoms with E-state index in [0.29, 0.717) is 10.9 Å². The Morgan fingerprint density at radius 2 is 2.14 bits per heavy atom. The van der Waals surface area contributed by atoms with Crippen molar-refractivity contribution in [1.29, 1.82) is 0 Å². The van der Waals surface area contributed by atoms with Crippen molar-refractivity contribution in [3.8, 4) is 0 Å². The molecule has 1 aromatic carbocycles. The molecule has 0 radical (unpaired) electrons. The fourth-order valence-electron chi connectivity index (χ4n) is 3.51. The molecule has 5 heteroatoms. The molecule has 21 heavy (non-hydrogen) atoms. The lowest BCUT2D eigenvalue weighted by Gasteiger charge is -2.21. The largest absolute Gasteiger partial charge is 0.478 e. The molecule has 1 heterocycles. The van der Waals surface area contributed by atoms with Crippen LogP contribution in [-0.4, -0.2) is 16.1 Å². The Labute approximate surface area is 126 Å². The lowest BCUT2D eigenvalue weighted by molar-refractivity contribution is 0.0696. The number of rotatable bonds is 1. The molecule has 1 aliphatic rings. The Morgan fingerprint density at radius 1 is 1.48 bits per heavy atom.